The van der Waals surface area contributed by atoms with Crippen LogP contribution in [-0.2, 0) is 20.7 Å². The fourth-order valence-corrected chi connectivity index (χ4v) is 5.71. The van der Waals surface area contributed by atoms with E-state index in [1.54, 1.807) is 7.05 Å². The van der Waals surface area contributed by atoms with Crippen LogP contribution in [-0.4, -0.2) is 62.1 Å². The summed E-state index contributed by atoms with van der Waals surface area (Å²) in [6, 6.07) is 5.58. The van der Waals surface area contributed by atoms with Crippen molar-refractivity contribution in [2.45, 2.75) is 75.9 Å². The molecule has 3 N–H and O–H groups in total. The largest absolute Gasteiger partial charge is 0.407 e. The van der Waals surface area contributed by atoms with Crippen LogP contribution < -0.4 is 21.0 Å². The molecule has 1 aliphatic carbocycles. The monoisotopic (exact) mass is 472 g/mol. The Labute approximate surface area is 203 Å². The first kappa shape index (κ1) is 24.9. The van der Waals surface area contributed by atoms with Gasteiger partial charge in [0.15, 0.2) is 5.75 Å². The van der Waals surface area contributed by atoms with Crippen molar-refractivity contribution in [3.05, 3.63) is 23.8 Å². The van der Waals surface area contributed by atoms with Crippen molar-refractivity contribution in [3.8, 4) is 5.75 Å². The van der Waals surface area contributed by atoms with Gasteiger partial charge in [0.05, 0.1) is 11.3 Å². The molecule has 188 valence electrons. The number of nitrogens with one attached hydrogen (secondary N) is 3. The predicted molar refractivity (Wildman–Crippen MR) is 132 cm³/mol. The van der Waals surface area contributed by atoms with Gasteiger partial charge in [-0.3, -0.25) is 14.9 Å². The summed E-state index contributed by atoms with van der Waals surface area (Å²) in [5.41, 5.74) is 4.44. The van der Waals surface area contributed by atoms with Crippen LogP contribution in [0.1, 0.15) is 63.4 Å². The van der Waals surface area contributed by atoms with E-state index in [2.05, 4.69) is 27.1 Å². The van der Waals surface area contributed by atoms with Crippen molar-refractivity contribution in [2.24, 2.45) is 5.92 Å². The Kier molecular flexibility index (Phi) is 8.45. The maximum Gasteiger partial charge on any atom is 0.249 e. The van der Waals surface area contributed by atoms with Gasteiger partial charge in [-0.05, 0) is 55.7 Å². The molecule has 1 unspecified atom stereocenters. The molecule has 0 bridgehead atoms. The maximum atomic E-state index is 12.2. The summed E-state index contributed by atoms with van der Waals surface area (Å²) in [7, 11) is 3.54. The Morgan fingerprint density at radius 3 is 2.56 bits per heavy atom. The third-order valence-corrected chi connectivity index (χ3v) is 7.79. The number of hydrogen-bond acceptors (Lipinski definition) is 7. The summed E-state index contributed by atoms with van der Waals surface area (Å²) >= 11 is 0. The number of imide groups is 1. The lowest BCUT2D eigenvalue weighted by Crippen LogP contribution is -2.48. The summed E-state index contributed by atoms with van der Waals surface area (Å²) in [6.45, 7) is 3.40. The van der Waals surface area contributed by atoms with Crippen LogP contribution in [0.25, 0.3) is 0 Å². The molecule has 3 aliphatic rings. The predicted octanol–water partition coefficient (Wildman–Crippen LogP) is 3.02. The van der Waals surface area contributed by atoms with Crippen LogP contribution in [0.5, 0.6) is 5.75 Å². The molecule has 4 rings (SSSR count). The van der Waals surface area contributed by atoms with Gasteiger partial charge in [-0.25, -0.2) is 0 Å². The Morgan fingerprint density at radius 2 is 1.88 bits per heavy atom. The van der Waals surface area contributed by atoms with E-state index in [0.29, 0.717) is 18.6 Å². The number of hydrogen-bond donors (Lipinski definition) is 3. The number of nitrogens with zero attached hydrogens (tertiary/aromatic N) is 1. The third-order valence-electron chi connectivity index (χ3n) is 7.79. The third kappa shape index (κ3) is 6.29. The molecule has 2 aliphatic heterocycles. The second-order valence-corrected chi connectivity index (χ2v) is 10.2. The zero-order valence-electron chi connectivity index (χ0n) is 20.7. The topological polar surface area (TPSA) is 91.9 Å². The zero-order chi connectivity index (χ0) is 24.0. The van der Waals surface area contributed by atoms with E-state index >= 15 is 0 Å². The summed E-state index contributed by atoms with van der Waals surface area (Å²) in [5, 5.41) is 5.63. The van der Waals surface area contributed by atoms with Crippen LogP contribution >= 0.6 is 0 Å². The van der Waals surface area contributed by atoms with E-state index in [9.17, 15) is 9.59 Å². The fourth-order valence-electron chi connectivity index (χ4n) is 5.71. The quantitative estimate of drug-likeness (QED) is 0.376. The van der Waals surface area contributed by atoms with Gasteiger partial charge in [0, 0.05) is 46.6 Å². The lowest BCUT2D eigenvalue weighted by molar-refractivity contribution is -0.133. The second-order valence-electron chi connectivity index (χ2n) is 10.2. The molecule has 8 nitrogen and oxygen atoms in total. The first-order chi connectivity index (χ1) is 16.5. The molecular formula is C26H40N4O4. The van der Waals surface area contributed by atoms with Crippen molar-refractivity contribution in [1.82, 2.24) is 15.7 Å². The molecule has 0 radical (unpaired) electrons. The standard InChI is InChI=1S/C26H40N4O4/c1-27-34-23-16-20(8-9-21(23)28-22-10-11-24(31)29-25(22)32)17-26(33-2)12-14-30(15-13-26)18-19-6-4-3-5-7-19/h8-9,16,19,22,27-28H,3-7,10-15,17-18H2,1-2H3,(H,29,31,32). The SMILES string of the molecule is CNOc1cc(CC2(OC)CCN(CC3CCCCC3)CC2)ccc1NC1CCC(=O)NC1=O. The molecule has 2 amide bonds. The number of piperidine rings is 2. The minimum absolute atomic E-state index is 0.168. The van der Waals surface area contributed by atoms with E-state index in [4.69, 9.17) is 9.57 Å². The number of benzene rings is 1. The number of anilines is 1. The number of amides is 2. The van der Waals surface area contributed by atoms with Crippen molar-refractivity contribution in [3.63, 3.8) is 0 Å². The van der Waals surface area contributed by atoms with Gasteiger partial charge in [-0.2, -0.15) is 5.48 Å². The highest BCUT2D eigenvalue weighted by atomic mass is 16.6. The van der Waals surface area contributed by atoms with E-state index in [1.165, 1.54) is 38.6 Å². The van der Waals surface area contributed by atoms with Gasteiger partial charge in [0.1, 0.15) is 6.04 Å². The number of rotatable bonds is 9. The number of methoxy groups -OCH3 is 1. The van der Waals surface area contributed by atoms with E-state index in [1.807, 2.05) is 19.2 Å². The summed E-state index contributed by atoms with van der Waals surface area (Å²) in [4.78, 5) is 31.9. The fraction of sp³-hybridized carbons (Fsp3) is 0.692. The molecule has 1 atom stereocenters. The minimum atomic E-state index is -0.457. The molecule has 0 aromatic heterocycles. The molecule has 2 heterocycles. The Bertz CT molecular complexity index is 847. The van der Waals surface area contributed by atoms with Crippen LogP contribution in [0, 0.1) is 5.92 Å². The van der Waals surface area contributed by atoms with Crippen molar-refractivity contribution < 1.29 is 19.2 Å². The van der Waals surface area contributed by atoms with Crippen molar-refractivity contribution in [1.29, 1.82) is 0 Å². The Balaban J connectivity index is 1.38. The number of likely N-dealkylation sites (tertiary alicyclic amines) is 1. The highest BCUT2D eigenvalue weighted by molar-refractivity contribution is 6.01. The second kappa shape index (κ2) is 11.5. The number of hydroxylamine groups is 1. The Morgan fingerprint density at radius 1 is 1.12 bits per heavy atom. The minimum Gasteiger partial charge on any atom is -0.407 e. The van der Waals surface area contributed by atoms with Crippen LogP contribution in [0.3, 0.4) is 0 Å². The first-order valence-corrected chi connectivity index (χ1v) is 12.8. The molecule has 1 aromatic carbocycles. The number of ether oxygens (including phenoxy) is 1. The van der Waals surface area contributed by atoms with Gasteiger partial charge >= 0.3 is 0 Å². The van der Waals surface area contributed by atoms with Crippen LogP contribution in [0.15, 0.2) is 18.2 Å². The lowest BCUT2D eigenvalue weighted by Gasteiger charge is -2.42. The molecule has 34 heavy (non-hydrogen) atoms. The molecule has 1 aromatic rings. The van der Waals surface area contributed by atoms with Gasteiger partial charge < -0.3 is 19.8 Å². The summed E-state index contributed by atoms with van der Waals surface area (Å²) in [5.74, 6) is 0.981. The molecule has 2 saturated heterocycles. The highest BCUT2D eigenvalue weighted by Crippen LogP contribution is 2.34. The number of carbonyl (C=O) groups excluding carboxylic acids is 2. The molecular weight excluding hydrogens is 432 g/mol. The normalized spacial score (nSPS) is 24.0. The smallest absolute Gasteiger partial charge is 0.249 e. The van der Waals surface area contributed by atoms with Gasteiger partial charge in [0.2, 0.25) is 11.8 Å². The molecule has 3 fully saturated rings. The average Bonchev–Trinajstić information content (AvgIpc) is 2.84. The van der Waals surface area contributed by atoms with Crippen LogP contribution in [0.2, 0.25) is 0 Å². The van der Waals surface area contributed by atoms with Crippen molar-refractivity contribution >= 4 is 17.5 Å². The van der Waals surface area contributed by atoms with E-state index in [-0.39, 0.29) is 17.4 Å². The molecule has 1 saturated carbocycles. The van der Waals surface area contributed by atoms with Gasteiger partial charge in [-0.1, -0.05) is 25.3 Å². The Hall–Kier alpha value is -2.16. The van der Waals surface area contributed by atoms with E-state index < -0.39 is 6.04 Å². The first-order valence-electron chi connectivity index (χ1n) is 12.8. The van der Waals surface area contributed by atoms with E-state index in [0.717, 1.165) is 49.5 Å². The molecule has 0 spiro atoms. The van der Waals surface area contributed by atoms with Gasteiger partial charge in [-0.15, -0.1) is 0 Å². The van der Waals surface area contributed by atoms with Crippen LogP contribution in [0.4, 0.5) is 5.69 Å². The number of carbonyl (C=O) groups is 2. The van der Waals surface area contributed by atoms with Gasteiger partial charge in [0.25, 0.3) is 0 Å². The average molecular weight is 473 g/mol. The van der Waals surface area contributed by atoms with Crippen molar-refractivity contribution in [2.75, 3.05) is 39.1 Å². The lowest BCUT2D eigenvalue weighted by atomic mass is 9.83. The molecule has 8 heteroatoms. The summed E-state index contributed by atoms with van der Waals surface area (Å²) in [6.07, 6.45) is 10.6. The maximum absolute atomic E-state index is 12.2. The summed E-state index contributed by atoms with van der Waals surface area (Å²) < 4.78 is 6.11. The zero-order valence-corrected chi connectivity index (χ0v) is 20.7. The highest BCUT2D eigenvalue weighted by Gasteiger charge is 2.36.